The Labute approximate surface area is 107 Å². The summed E-state index contributed by atoms with van der Waals surface area (Å²) in [7, 11) is 2.05. The first-order valence-corrected chi connectivity index (χ1v) is 6.40. The first-order chi connectivity index (χ1) is 8.18. The molecule has 0 aliphatic carbocycles. The van der Waals surface area contributed by atoms with E-state index in [1.165, 1.54) is 0 Å². The second-order valence-electron chi connectivity index (χ2n) is 4.61. The van der Waals surface area contributed by atoms with Crippen LogP contribution in [0.1, 0.15) is 18.4 Å². The third-order valence-corrected chi connectivity index (χ3v) is 3.68. The number of rotatable bonds is 3. The van der Waals surface area contributed by atoms with Crippen LogP contribution in [0.4, 0.5) is 4.39 Å². The standard InChI is InChI=1S/C13H18ClFN2/c1-17(11-5-7-16-8-6-11)9-10-3-2-4-12(14)13(10)15/h2-4,11,16H,5-9H2,1H3. The van der Waals surface area contributed by atoms with E-state index in [9.17, 15) is 4.39 Å². The molecule has 0 spiro atoms. The van der Waals surface area contributed by atoms with Crippen molar-refractivity contribution in [2.75, 3.05) is 20.1 Å². The predicted octanol–water partition coefficient (Wildman–Crippen LogP) is 2.66. The smallest absolute Gasteiger partial charge is 0.146 e. The van der Waals surface area contributed by atoms with Crippen LogP contribution in [-0.2, 0) is 6.54 Å². The van der Waals surface area contributed by atoms with Crippen molar-refractivity contribution >= 4 is 11.6 Å². The fourth-order valence-corrected chi connectivity index (χ4v) is 2.51. The Kier molecular flexibility index (Phi) is 4.37. The lowest BCUT2D eigenvalue weighted by atomic mass is 10.0. The molecule has 0 saturated carbocycles. The maximum Gasteiger partial charge on any atom is 0.146 e. The van der Waals surface area contributed by atoms with Gasteiger partial charge in [0.05, 0.1) is 5.02 Å². The molecule has 2 nitrogen and oxygen atoms in total. The van der Waals surface area contributed by atoms with Crippen LogP contribution in [0.2, 0.25) is 5.02 Å². The number of benzene rings is 1. The summed E-state index contributed by atoms with van der Waals surface area (Å²) in [5.74, 6) is -0.282. The summed E-state index contributed by atoms with van der Waals surface area (Å²) >= 11 is 5.78. The molecule has 1 aromatic rings. The van der Waals surface area contributed by atoms with Crippen molar-refractivity contribution in [1.82, 2.24) is 10.2 Å². The van der Waals surface area contributed by atoms with Crippen molar-refractivity contribution in [2.24, 2.45) is 0 Å². The van der Waals surface area contributed by atoms with Crippen molar-refractivity contribution in [3.05, 3.63) is 34.6 Å². The number of nitrogens with one attached hydrogen (secondary N) is 1. The molecule has 0 amide bonds. The Bertz CT molecular complexity index is 378. The molecule has 1 aliphatic heterocycles. The van der Waals surface area contributed by atoms with E-state index in [2.05, 4.69) is 17.3 Å². The van der Waals surface area contributed by atoms with E-state index >= 15 is 0 Å². The zero-order valence-corrected chi connectivity index (χ0v) is 10.8. The lowest BCUT2D eigenvalue weighted by molar-refractivity contribution is 0.190. The summed E-state index contributed by atoms with van der Waals surface area (Å²) in [6.07, 6.45) is 2.25. The Balaban J connectivity index is 2.01. The molecule has 17 heavy (non-hydrogen) atoms. The van der Waals surface area contributed by atoms with Crippen LogP contribution in [-0.4, -0.2) is 31.1 Å². The molecular weight excluding hydrogens is 239 g/mol. The van der Waals surface area contributed by atoms with Crippen molar-refractivity contribution in [1.29, 1.82) is 0 Å². The van der Waals surface area contributed by atoms with E-state index in [0.29, 0.717) is 18.2 Å². The Hall–Kier alpha value is -0.640. The van der Waals surface area contributed by atoms with E-state index in [1.54, 1.807) is 18.2 Å². The van der Waals surface area contributed by atoms with Gasteiger partial charge in [0.15, 0.2) is 0 Å². The predicted molar refractivity (Wildman–Crippen MR) is 68.8 cm³/mol. The number of halogens is 2. The minimum absolute atomic E-state index is 0.209. The summed E-state index contributed by atoms with van der Waals surface area (Å²) in [5, 5.41) is 3.54. The van der Waals surface area contributed by atoms with Crippen LogP contribution in [0.5, 0.6) is 0 Å². The van der Waals surface area contributed by atoms with Crippen molar-refractivity contribution in [2.45, 2.75) is 25.4 Å². The highest BCUT2D eigenvalue weighted by Gasteiger charge is 2.19. The first-order valence-electron chi connectivity index (χ1n) is 6.02. The van der Waals surface area contributed by atoms with Crippen molar-refractivity contribution in [3.8, 4) is 0 Å². The van der Waals surface area contributed by atoms with E-state index < -0.39 is 0 Å². The summed E-state index contributed by atoms with van der Waals surface area (Å²) in [5.41, 5.74) is 0.679. The molecule has 4 heteroatoms. The van der Waals surface area contributed by atoms with Crippen LogP contribution in [0, 0.1) is 5.82 Å². The molecule has 0 radical (unpaired) electrons. The van der Waals surface area contributed by atoms with Gasteiger partial charge in [-0.1, -0.05) is 23.7 Å². The molecular formula is C13H18ClFN2. The SMILES string of the molecule is CN(Cc1cccc(Cl)c1F)C1CCNCC1. The highest BCUT2D eigenvalue weighted by molar-refractivity contribution is 6.30. The average Bonchev–Trinajstić information content (AvgIpc) is 2.36. The number of hydrogen-bond donors (Lipinski definition) is 1. The van der Waals surface area contributed by atoms with Gasteiger partial charge in [-0.15, -0.1) is 0 Å². The molecule has 1 heterocycles. The molecule has 1 aromatic carbocycles. The van der Waals surface area contributed by atoms with Gasteiger partial charge in [0, 0.05) is 18.2 Å². The number of hydrogen-bond acceptors (Lipinski definition) is 2. The maximum absolute atomic E-state index is 13.8. The number of piperidine rings is 1. The molecule has 94 valence electrons. The molecule has 2 rings (SSSR count). The quantitative estimate of drug-likeness (QED) is 0.895. The van der Waals surface area contributed by atoms with Gasteiger partial charge in [0.25, 0.3) is 0 Å². The highest BCUT2D eigenvalue weighted by Crippen LogP contribution is 2.20. The van der Waals surface area contributed by atoms with Gasteiger partial charge < -0.3 is 5.32 Å². The van der Waals surface area contributed by atoms with Gasteiger partial charge >= 0.3 is 0 Å². The Morgan fingerprint density at radius 1 is 1.41 bits per heavy atom. The lowest BCUT2D eigenvalue weighted by Gasteiger charge is -2.31. The summed E-state index contributed by atoms with van der Waals surface area (Å²) in [6.45, 7) is 2.72. The van der Waals surface area contributed by atoms with Gasteiger partial charge in [-0.2, -0.15) is 0 Å². The van der Waals surface area contributed by atoms with Crippen molar-refractivity contribution < 1.29 is 4.39 Å². The third kappa shape index (κ3) is 3.18. The van der Waals surface area contributed by atoms with Gasteiger partial charge in [0.2, 0.25) is 0 Å². The van der Waals surface area contributed by atoms with E-state index in [-0.39, 0.29) is 10.8 Å². The topological polar surface area (TPSA) is 15.3 Å². The summed E-state index contributed by atoms with van der Waals surface area (Å²) in [4.78, 5) is 2.22. The van der Waals surface area contributed by atoms with Gasteiger partial charge in [-0.05, 0) is 39.0 Å². The highest BCUT2D eigenvalue weighted by atomic mass is 35.5. The normalized spacial score (nSPS) is 17.6. The average molecular weight is 257 g/mol. The molecule has 0 atom stereocenters. The molecule has 0 unspecified atom stereocenters. The minimum Gasteiger partial charge on any atom is -0.317 e. The maximum atomic E-state index is 13.8. The molecule has 1 fully saturated rings. The van der Waals surface area contributed by atoms with Gasteiger partial charge in [-0.25, -0.2) is 4.39 Å². The molecule has 1 saturated heterocycles. The van der Waals surface area contributed by atoms with Crippen LogP contribution in [0.3, 0.4) is 0 Å². The Morgan fingerprint density at radius 3 is 2.82 bits per heavy atom. The largest absolute Gasteiger partial charge is 0.317 e. The summed E-state index contributed by atoms with van der Waals surface area (Å²) in [6, 6.07) is 5.73. The fraction of sp³-hybridized carbons (Fsp3) is 0.538. The van der Waals surface area contributed by atoms with Crippen molar-refractivity contribution in [3.63, 3.8) is 0 Å². The van der Waals surface area contributed by atoms with Crippen LogP contribution >= 0.6 is 11.6 Å². The van der Waals surface area contributed by atoms with Crippen LogP contribution in [0.25, 0.3) is 0 Å². The molecule has 1 N–H and O–H groups in total. The Morgan fingerprint density at radius 2 is 2.12 bits per heavy atom. The second kappa shape index (κ2) is 5.80. The zero-order valence-electron chi connectivity index (χ0n) is 10.0. The van der Waals surface area contributed by atoms with Crippen LogP contribution in [0.15, 0.2) is 18.2 Å². The molecule has 0 aromatic heterocycles. The minimum atomic E-state index is -0.282. The number of nitrogens with zero attached hydrogens (tertiary/aromatic N) is 1. The van der Waals surface area contributed by atoms with Crippen LogP contribution < -0.4 is 5.32 Å². The second-order valence-corrected chi connectivity index (χ2v) is 5.02. The van der Waals surface area contributed by atoms with E-state index in [4.69, 9.17) is 11.6 Å². The first kappa shape index (κ1) is 12.8. The lowest BCUT2D eigenvalue weighted by Crippen LogP contribution is -2.40. The summed E-state index contributed by atoms with van der Waals surface area (Å²) < 4.78 is 13.8. The van der Waals surface area contributed by atoms with E-state index in [0.717, 1.165) is 25.9 Å². The van der Waals surface area contributed by atoms with Gasteiger partial charge in [-0.3, -0.25) is 4.90 Å². The third-order valence-electron chi connectivity index (χ3n) is 3.38. The molecule has 1 aliphatic rings. The fourth-order valence-electron chi connectivity index (χ4n) is 2.32. The van der Waals surface area contributed by atoms with E-state index in [1.807, 2.05) is 0 Å². The molecule has 0 bridgehead atoms. The monoisotopic (exact) mass is 256 g/mol. The zero-order chi connectivity index (χ0) is 12.3. The van der Waals surface area contributed by atoms with Gasteiger partial charge in [0.1, 0.15) is 5.82 Å².